The van der Waals surface area contributed by atoms with Gasteiger partial charge in [0.05, 0.1) is 12.7 Å². The predicted molar refractivity (Wildman–Crippen MR) is 77.2 cm³/mol. The molecular formula is C15H20N2O4. The fourth-order valence-electron chi connectivity index (χ4n) is 2.28. The van der Waals surface area contributed by atoms with Gasteiger partial charge in [0.2, 0.25) is 5.82 Å². The van der Waals surface area contributed by atoms with Gasteiger partial charge in [0.15, 0.2) is 0 Å². The molecule has 1 aromatic carbocycles. The van der Waals surface area contributed by atoms with Crippen molar-refractivity contribution in [2.24, 2.45) is 0 Å². The summed E-state index contributed by atoms with van der Waals surface area (Å²) in [5.41, 5.74) is -0.138. The molecule has 6 heteroatoms. The van der Waals surface area contributed by atoms with Crippen molar-refractivity contribution in [1.29, 1.82) is 0 Å². The zero-order valence-electron chi connectivity index (χ0n) is 12.7. The second-order valence-corrected chi connectivity index (χ2v) is 4.71. The maximum absolute atomic E-state index is 9.95. The molecule has 0 radical (unpaired) electrons. The average molecular weight is 292 g/mol. The number of hydrogen-bond acceptors (Lipinski definition) is 6. The minimum absolute atomic E-state index is 0.0574. The van der Waals surface area contributed by atoms with Gasteiger partial charge >= 0.3 is 0 Å². The van der Waals surface area contributed by atoms with E-state index in [9.17, 15) is 5.11 Å². The first-order valence-corrected chi connectivity index (χ1v) is 6.87. The van der Waals surface area contributed by atoms with E-state index in [0.29, 0.717) is 17.1 Å². The molecule has 0 unspecified atom stereocenters. The van der Waals surface area contributed by atoms with Crippen LogP contribution in [-0.4, -0.2) is 29.5 Å². The quantitative estimate of drug-likeness (QED) is 0.881. The zero-order valence-corrected chi connectivity index (χ0v) is 12.7. The molecule has 2 rings (SSSR count). The smallest absolute Gasteiger partial charge is 0.261 e. The maximum Gasteiger partial charge on any atom is 0.261 e. The van der Waals surface area contributed by atoms with E-state index in [1.807, 2.05) is 13.8 Å². The summed E-state index contributed by atoms with van der Waals surface area (Å²) in [5, 5.41) is 14.0. The highest BCUT2D eigenvalue weighted by atomic mass is 16.5. The standard InChI is InChI=1S/C15H20N2O4/c1-5-15(6-2,20-4)14-16-13(21-17-14)11-9-10(19-3)7-8-12(11)18/h7-9,18H,5-6H2,1-4H3. The molecule has 21 heavy (non-hydrogen) atoms. The average Bonchev–Trinajstić information content (AvgIpc) is 3.00. The molecular weight excluding hydrogens is 272 g/mol. The normalized spacial score (nSPS) is 11.6. The topological polar surface area (TPSA) is 77.6 Å². The van der Waals surface area contributed by atoms with E-state index in [1.54, 1.807) is 26.4 Å². The Morgan fingerprint density at radius 3 is 2.52 bits per heavy atom. The third-order valence-electron chi connectivity index (χ3n) is 3.80. The molecule has 0 aliphatic rings. The summed E-state index contributed by atoms with van der Waals surface area (Å²) in [7, 11) is 3.19. The molecule has 2 aromatic rings. The minimum Gasteiger partial charge on any atom is -0.507 e. The van der Waals surface area contributed by atoms with Crippen LogP contribution in [0.25, 0.3) is 11.5 Å². The molecule has 0 aliphatic carbocycles. The highest BCUT2D eigenvalue weighted by molar-refractivity contribution is 5.64. The molecule has 0 atom stereocenters. The second-order valence-electron chi connectivity index (χ2n) is 4.71. The second kappa shape index (κ2) is 6.13. The molecule has 1 aromatic heterocycles. The van der Waals surface area contributed by atoms with Crippen molar-refractivity contribution in [3.05, 3.63) is 24.0 Å². The van der Waals surface area contributed by atoms with Crippen LogP contribution in [0.4, 0.5) is 0 Å². The molecule has 1 N–H and O–H groups in total. The number of aromatic hydroxyl groups is 1. The van der Waals surface area contributed by atoms with Gasteiger partial charge in [0.1, 0.15) is 17.1 Å². The highest BCUT2D eigenvalue weighted by Gasteiger charge is 2.34. The Hall–Kier alpha value is -2.08. The minimum atomic E-state index is -0.573. The first-order chi connectivity index (χ1) is 10.1. The maximum atomic E-state index is 9.95. The molecule has 0 spiro atoms. The monoisotopic (exact) mass is 292 g/mol. The number of benzene rings is 1. The summed E-state index contributed by atoms with van der Waals surface area (Å²) >= 11 is 0. The van der Waals surface area contributed by atoms with E-state index in [-0.39, 0.29) is 11.6 Å². The Labute approximate surface area is 123 Å². The Balaban J connectivity index is 2.44. The lowest BCUT2D eigenvalue weighted by atomic mass is 9.96. The third kappa shape index (κ3) is 2.71. The van der Waals surface area contributed by atoms with E-state index in [2.05, 4.69) is 10.1 Å². The summed E-state index contributed by atoms with van der Waals surface area (Å²) in [6.45, 7) is 4.01. The van der Waals surface area contributed by atoms with Gasteiger partial charge in [0.25, 0.3) is 5.89 Å². The van der Waals surface area contributed by atoms with Crippen molar-refractivity contribution < 1.29 is 19.1 Å². The van der Waals surface area contributed by atoms with E-state index in [0.717, 1.165) is 12.8 Å². The summed E-state index contributed by atoms with van der Waals surface area (Å²) in [6, 6.07) is 4.84. The summed E-state index contributed by atoms with van der Waals surface area (Å²) in [4.78, 5) is 4.38. The number of ether oxygens (including phenoxy) is 2. The summed E-state index contributed by atoms with van der Waals surface area (Å²) in [5.74, 6) is 1.38. The molecule has 0 saturated heterocycles. The number of phenolic OH excluding ortho intramolecular Hbond substituents is 1. The number of hydrogen-bond donors (Lipinski definition) is 1. The zero-order chi connectivity index (χ0) is 15.5. The Morgan fingerprint density at radius 2 is 1.95 bits per heavy atom. The number of nitrogens with zero attached hydrogens (tertiary/aromatic N) is 2. The fraction of sp³-hybridized carbons (Fsp3) is 0.467. The highest BCUT2D eigenvalue weighted by Crippen LogP contribution is 2.35. The van der Waals surface area contributed by atoms with Gasteiger partial charge in [-0.15, -0.1) is 0 Å². The van der Waals surface area contributed by atoms with Crippen LogP contribution in [0, 0.1) is 0 Å². The van der Waals surface area contributed by atoms with Crippen LogP contribution in [-0.2, 0) is 10.3 Å². The molecule has 1 heterocycles. The molecule has 6 nitrogen and oxygen atoms in total. The first-order valence-electron chi connectivity index (χ1n) is 6.87. The number of aromatic nitrogens is 2. The predicted octanol–water partition coefficient (Wildman–Crippen LogP) is 3.11. The lowest BCUT2D eigenvalue weighted by Crippen LogP contribution is -2.28. The van der Waals surface area contributed by atoms with Gasteiger partial charge < -0.3 is 19.1 Å². The number of methoxy groups -OCH3 is 2. The van der Waals surface area contributed by atoms with Gasteiger partial charge in [0, 0.05) is 7.11 Å². The van der Waals surface area contributed by atoms with Crippen LogP contribution in [0.5, 0.6) is 11.5 Å². The molecule has 0 bridgehead atoms. The van der Waals surface area contributed by atoms with Crippen LogP contribution in [0.2, 0.25) is 0 Å². The molecule has 0 aliphatic heterocycles. The largest absolute Gasteiger partial charge is 0.507 e. The summed E-state index contributed by atoms with van der Waals surface area (Å²) in [6.07, 6.45) is 1.45. The van der Waals surface area contributed by atoms with Crippen LogP contribution < -0.4 is 4.74 Å². The third-order valence-corrected chi connectivity index (χ3v) is 3.80. The van der Waals surface area contributed by atoms with Crippen LogP contribution >= 0.6 is 0 Å². The van der Waals surface area contributed by atoms with E-state index < -0.39 is 5.60 Å². The lowest BCUT2D eigenvalue weighted by molar-refractivity contribution is -0.0306. The fourth-order valence-corrected chi connectivity index (χ4v) is 2.28. The van der Waals surface area contributed by atoms with Gasteiger partial charge in [-0.2, -0.15) is 4.98 Å². The van der Waals surface area contributed by atoms with Crippen molar-refractivity contribution in [3.8, 4) is 23.0 Å². The van der Waals surface area contributed by atoms with Crippen molar-refractivity contribution >= 4 is 0 Å². The molecule has 0 saturated carbocycles. The van der Waals surface area contributed by atoms with Crippen molar-refractivity contribution in [2.75, 3.05) is 14.2 Å². The van der Waals surface area contributed by atoms with Crippen molar-refractivity contribution in [1.82, 2.24) is 10.1 Å². The van der Waals surface area contributed by atoms with Gasteiger partial charge in [-0.3, -0.25) is 0 Å². The van der Waals surface area contributed by atoms with Crippen molar-refractivity contribution in [2.45, 2.75) is 32.3 Å². The first kappa shape index (κ1) is 15.3. The van der Waals surface area contributed by atoms with Crippen LogP contribution in [0.3, 0.4) is 0 Å². The van der Waals surface area contributed by atoms with Gasteiger partial charge in [-0.05, 0) is 31.0 Å². The van der Waals surface area contributed by atoms with Crippen molar-refractivity contribution in [3.63, 3.8) is 0 Å². The lowest BCUT2D eigenvalue weighted by Gasteiger charge is -2.25. The number of rotatable bonds is 6. The van der Waals surface area contributed by atoms with E-state index in [1.165, 1.54) is 6.07 Å². The Bertz CT molecular complexity index is 597. The summed E-state index contributed by atoms with van der Waals surface area (Å²) < 4.78 is 16.0. The Kier molecular flexibility index (Phi) is 4.47. The SMILES string of the molecule is CCC(CC)(OC)c1noc(-c2cc(OC)ccc2O)n1. The molecule has 0 fully saturated rings. The molecule has 114 valence electrons. The number of phenols is 1. The van der Waals surface area contributed by atoms with Gasteiger partial charge in [-0.25, -0.2) is 0 Å². The molecule has 0 amide bonds. The Morgan fingerprint density at radius 1 is 1.24 bits per heavy atom. The van der Waals surface area contributed by atoms with E-state index >= 15 is 0 Å². The van der Waals surface area contributed by atoms with E-state index in [4.69, 9.17) is 14.0 Å². The van der Waals surface area contributed by atoms with Gasteiger partial charge in [-0.1, -0.05) is 19.0 Å². The van der Waals surface area contributed by atoms with Crippen LogP contribution in [0.1, 0.15) is 32.5 Å². The van der Waals surface area contributed by atoms with Crippen LogP contribution in [0.15, 0.2) is 22.7 Å².